The maximum Gasteiger partial charge on any atom is 0.255 e. The number of nitrogens with one attached hydrogen (secondary N) is 3. The highest BCUT2D eigenvalue weighted by atomic mass is 16.5. The average molecular weight is 400 g/mol. The van der Waals surface area contributed by atoms with Crippen molar-refractivity contribution in [3.63, 3.8) is 0 Å². The predicted octanol–water partition coefficient (Wildman–Crippen LogP) is 4.45. The molecule has 0 aliphatic heterocycles. The lowest BCUT2D eigenvalue weighted by atomic mass is 10.1. The molecule has 0 spiro atoms. The van der Waals surface area contributed by atoms with Crippen LogP contribution in [0.3, 0.4) is 0 Å². The summed E-state index contributed by atoms with van der Waals surface area (Å²) in [7, 11) is 1.58. The van der Waals surface area contributed by atoms with Crippen LogP contribution in [0.2, 0.25) is 0 Å². The van der Waals surface area contributed by atoms with Crippen LogP contribution >= 0.6 is 0 Å². The summed E-state index contributed by atoms with van der Waals surface area (Å²) in [5, 5.41) is 5.63. The van der Waals surface area contributed by atoms with E-state index in [1.165, 1.54) is 6.92 Å². The van der Waals surface area contributed by atoms with Crippen LogP contribution in [-0.2, 0) is 4.79 Å². The molecule has 4 aromatic rings. The average Bonchev–Trinajstić information content (AvgIpc) is 3.17. The van der Waals surface area contributed by atoms with Crippen molar-refractivity contribution in [2.75, 3.05) is 17.7 Å². The van der Waals surface area contributed by atoms with Gasteiger partial charge in [-0.1, -0.05) is 0 Å². The standard InChI is InChI=1S/C23H20N4O3/c1-14(28)24-18-9-12-20-21(13-18)27-22(26-20)15-3-7-17(8-4-15)25-23(29)16-5-10-19(30-2)11-6-16/h3-13H,1-2H3,(H,24,28)(H,25,29)(H,26,27). The third kappa shape index (κ3) is 4.15. The Hall–Kier alpha value is -4.13. The zero-order valence-electron chi connectivity index (χ0n) is 16.5. The highest BCUT2D eigenvalue weighted by Crippen LogP contribution is 2.24. The molecule has 0 saturated carbocycles. The zero-order valence-corrected chi connectivity index (χ0v) is 16.5. The van der Waals surface area contributed by atoms with E-state index in [1.54, 1.807) is 31.4 Å². The van der Waals surface area contributed by atoms with Crippen LogP contribution in [0.4, 0.5) is 11.4 Å². The van der Waals surface area contributed by atoms with Crippen LogP contribution in [0.25, 0.3) is 22.4 Å². The van der Waals surface area contributed by atoms with Crippen molar-refractivity contribution in [2.24, 2.45) is 0 Å². The minimum atomic E-state index is -0.195. The highest BCUT2D eigenvalue weighted by molar-refractivity contribution is 6.04. The van der Waals surface area contributed by atoms with Crippen LogP contribution in [0.1, 0.15) is 17.3 Å². The summed E-state index contributed by atoms with van der Waals surface area (Å²) in [6.07, 6.45) is 0. The first-order chi connectivity index (χ1) is 14.5. The summed E-state index contributed by atoms with van der Waals surface area (Å²) < 4.78 is 5.11. The fraction of sp³-hybridized carbons (Fsp3) is 0.0870. The number of nitrogens with zero attached hydrogens (tertiary/aromatic N) is 1. The lowest BCUT2D eigenvalue weighted by Crippen LogP contribution is -2.11. The Bertz CT molecular complexity index is 1210. The van der Waals surface area contributed by atoms with Crippen LogP contribution < -0.4 is 15.4 Å². The van der Waals surface area contributed by atoms with E-state index >= 15 is 0 Å². The van der Waals surface area contributed by atoms with E-state index in [0.717, 1.165) is 16.6 Å². The number of H-pyrrole nitrogens is 1. The van der Waals surface area contributed by atoms with Crippen molar-refractivity contribution in [1.82, 2.24) is 9.97 Å². The Labute approximate surface area is 173 Å². The molecule has 1 aromatic heterocycles. The van der Waals surface area contributed by atoms with Gasteiger partial charge >= 0.3 is 0 Å². The first-order valence-electron chi connectivity index (χ1n) is 9.35. The fourth-order valence-corrected chi connectivity index (χ4v) is 3.08. The lowest BCUT2D eigenvalue weighted by molar-refractivity contribution is -0.114. The van der Waals surface area contributed by atoms with E-state index in [2.05, 4.69) is 20.6 Å². The second-order valence-electron chi connectivity index (χ2n) is 6.76. The number of imidazole rings is 1. The van der Waals surface area contributed by atoms with Gasteiger partial charge in [-0.05, 0) is 66.7 Å². The molecule has 7 heteroatoms. The van der Waals surface area contributed by atoms with Gasteiger partial charge in [-0.2, -0.15) is 0 Å². The molecule has 3 aromatic carbocycles. The van der Waals surface area contributed by atoms with E-state index in [4.69, 9.17) is 4.74 Å². The topological polar surface area (TPSA) is 96.1 Å². The number of carbonyl (C=O) groups is 2. The SMILES string of the molecule is COc1ccc(C(=O)Nc2ccc(-c3nc4ccc(NC(C)=O)cc4[nH]3)cc2)cc1. The van der Waals surface area contributed by atoms with E-state index in [1.807, 2.05) is 42.5 Å². The molecular weight excluding hydrogens is 380 g/mol. The number of rotatable bonds is 5. The Morgan fingerprint density at radius 1 is 0.900 bits per heavy atom. The number of ether oxygens (including phenoxy) is 1. The minimum Gasteiger partial charge on any atom is -0.497 e. The van der Waals surface area contributed by atoms with Gasteiger partial charge in [-0.25, -0.2) is 4.98 Å². The normalized spacial score (nSPS) is 10.6. The zero-order chi connectivity index (χ0) is 21.1. The molecule has 0 aliphatic carbocycles. The number of carbonyl (C=O) groups excluding carboxylic acids is 2. The molecule has 0 fully saturated rings. The van der Waals surface area contributed by atoms with Gasteiger partial charge in [0, 0.05) is 29.4 Å². The second kappa shape index (κ2) is 8.08. The lowest BCUT2D eigenvalue weighted by Gasteiger charge is -2.07. The monoisotopic (exact) mass is 400 g/mol. The van der Waals surface area contributed by atoms with Crippen LogP contribution in [0.15, 0.2) is 66.7 Å². The molecule has 3 N–H and O–H groups in total. The maximum absolute atomic E-state index is 12.4. The van der Waals surface area contributed by atoms with Crippen molar-refractivity contribution in [3.8, 4) is 17.1 Å². The molecular formula is C23H20N4O3. The highest BCUT2D eigenvalue weighted by Gasteiger charge is 2.09. The third-order valence-electron chi connectivity index (χ3n) is 4.57. The first-order valence-corrected chi connectivity index (χ1v) is 9.35. The van der Waals surface area contributed by atoms with E-state index in [-0.39, 0.29) is 11.8 Å². The summed E-state index contributed by atoms with van der Waals surface area (Å²) in [5.41, 5.74) is 4.45. The largest absolute Gasteiger partial charge is 0.497 e. The molecule has 0 bridgehead atoms. The Balaban J connectivity index is 1.50. The maximum atomic E-state index is 12.4. The van der Waals surface area contributed by atoms with Crippen molar-refractivity contribution < 1.29 is 14.3 Å². The number of hydrogen-bond donors (Lipinski definition) is 3. The van der Waals surface area contributed by atoms with Gasteiger partial charge in [0.2, 0.25) is 5.91 Å². The van der Waals surface area contributed by atoms with Gasteiger partial charge < -0.3 is 20.4 Å². The summed E-state index contributed by atoms with van der Waals surface area (Å²) in [6.45, 7) is 1.47. The number of aromatic nitrogens is 2. The second-order valence-corrected chi connectivity index (χ2v) is 6.76. The van der Waals surface area contributed by atoms with Gasteiger partial charge in [0.25, 0.3) is 5.91 Å². The van der Waals surface area contributed by atoms with E-state index in [9.17, 15) is 9.59 Å². The summed E-state index contributed by atoms with van der Waals surface area (Å²) >= 11 is 0. The van der Waals surface area contributed by atoms with Crippen LogP contribution in [0, 0.1) is 0 Å². The number of hydrogen-bond acceptors (Lipinski definition) is 4. The molecule has 0 atom stereocenters. The van der Waals surface area contributed by atoms with Gasteiger partial charge in [0.1, 0.15) is 11.6 Å². The Morgan fingerprint density at radius 3 is 2.27 bits per heavy atom. The Kier molecular flexibility index (Phi) is 5.17. The molecule has 0 aliphatic rings. The predicted molar refractivity (Wildman–Crippen MR) is 117 cm³/mol. The van der Waals surface area contributed by atoms with Gasteiger partial charge in [-0.3, -0.25) is 9.59 Å². The molecule has 30 heavy (non-hydrogen) atoms. The van der Waals surface area contributed by atoms with Crippen molar-refractivity contribution in [2.45, 2.75) is 6.92 Å². The number of aromatic amines is 1. The number of methoxy groups -OCH3 is 1. The van der Waals surface area contributed by atoms with Crippen molar-refractivity contribution in [3.05, 3.63) is 72.3 Å². The van der Waals surface area contributed by atoms with Gasteiger partial charge in [0.05, 0.1) is 18.1 Å². The van der Waals surface area contributed by atoms with Crippen LogP contribution in [-0.4, -0.2) is 28.9 Å². The van der Waals surface area contributed by atoms with Gasteiger partial charge in [-0.15, -0.1) is 0 Å². The molecule has 0 unspecified atom stereocenters. The fourth-order valence-electron chi connectivity index (χ4n) is 3.08. The van der Waals surface area contributed by atoms with Crippen LogP contribution in [0.5, 0.6) is 5.75 Å². The number of amides is 2. The molecule has 0 saturated heterocycles. The molecule has 1 heterocycles. The Morgan fingerprint density at radius 2 is 1.60 bits per heavy atom. The number of fused-ring (bicyclic) bond motifs is 1. The molecule has 0 radical (unpaired) electrons. The number of benzene rings is 3. The molecule has 7 nitrogen and oxygen atoms in total. The van der Waals surface area contributed by atoms with Crippen molar-refractivity contribution >= 4 is 34.2 Å². The van der Waals surface area contributed by atoms with E-state index < -0.39 is 0 Å². The van der Waals surface area contributed by atoms with Gasteiger partial charge in [0.15, 0.2) is 0 Å². The smallest absolute Gasteiger partial charge is 0.255 e. The third-order valence-corrected chi connectivity index (χ3v) is 4.57. The summed E-state index contributed by atoms with van der Waals surface area (Å²) in [6, 6.07) is 19.9. The molecule has 4 rings (SSSR count). The first kappa shape index (κ1) is 19.2. The summed E-state index contributed by atoms with van der Waals surface area (Å²) in [4.78, 5) is 31.5. The minimum absolute atomic E-state index is 0.124. The molecule has 2 amide bonds. The van der Waals surface area contributed by atoms with Crippen molar-refractivity contribution in [1.29, 1.82) is 0 Å². The molecule has 150 valence electrons. The van der Waals surface area contributed by atoms with E-state index in [0.29, 0.717) is 28.5 Å². The quantitative estimate of drug-likeness (QED) is 0.461. The summed E-state index contributed by atoms with van der Waals surface area (Å²) in [5.74, 6) is 1.09. The number of anilines is 2.